The van der Waals surface area contributed by atoms with Gasteiger partial charge >= 0.3 is 6.18 Å². The third-order valence-corrected chi connectivity index (χ3v) is 5.21. The fourth-order valence-electron chi connectivity index (χ4n) is 3.23. The Morgan fingerprint density at radius 3 is 2.35 bits per heavy atom. The third kappa shape index (κ3) is 6.16. The highest BCUT2D eigenvalue weighted by Crippen LogP contribution is 2.38. The number of thiocarbonyl (C=S) groups is 1. The van der Waals surface area contributed by atoms with Crippen LogP contribution in [0.2, 0.25) is 0 Å². The second-order valence-electron chi connectivity index (χ2n) is 7.52. The Morgan fingerprint density at radius 1 is 1.06 bits per heavy atom. The first-order valence-electron chi connectivity index (χ1n) is 9.96. The lowest BCUT2D eigenvalue weighted by atomic mass is 9.95. The molecule has 1 aliphatic carbocycles. The van der Waals surface area contributed by atoms with E-state index in [4.69, 9.17) is 12.2 Å². The third-order valence-electron chi connectivity index (χ3n) is 4.99. The summed E-state index contributed by atoms with van der Waals surface area (Å²) in [4.78, 5) is 12.3. The minimum absolute atomic E-state index is 0.000470. The maximum absolute atomic E-state index is 13.9. The number of carbonyl (C=O) groups excluding carboxylic acids is 1. The summed E-state index contributed by atoms with van der Waals surface area (Å²) in [6.07, 6.45) is -1.18. The molecule has 4 nitrogen and oxygen atoms in total. The van der Waals surface area contributed by atoms with Gasteiger partial charge in [0, 0.05) is 5.69 Å². The largest absolute Gasteiger partial charge is 0.418 e. The highest BCUT2D eigenvalue weighted by atomic mass is 32.1. The second kappa shape index (κ2) is 9.88. The standard InChI is InChI=1S/C23H19F6N3OS/c1-13(14-5-7-15(24)8-6-14)30-21(34)31-16-9-10-19(18(12-16)23(27,28)29)32-20(33)17-4-2-3-11-22(17,25)26/h2-13,17H,1H3,(H,32,33)(H2,30,31,34). The fourth-order valence-corrected chi connectivity index (χ4v) is 3.52. The van der Waals surface area contributed by atoms with Crippen LogP contribution >= 0.6 is 12.2 Å². The Kier molecular flexibility index (Phi) is 7.35. The number of hydrogen-bond donors (Lipinski definition) is 3. The smallest absolute Gasteiger partial charge is 0.356 e. The van der Waals surface area contributed by atoms with Crippen LogP contribution in [-0.4, -0.2) is 16.9 Å². The molecule has 0 radical (unpaired) electrons. The zero-order chi connectivity index (χ0) is 25.1. The Balaban J connectivity index is 1.74. The van der Waals surface area contributed by atoms with Crippen LogP contribution < -0.4 is 16.0 Å². The van der Waals surface area contributed by atoms with Gasteiger partial charge in [-0.2, -0.15) is 13.2 Å². The zero-order valence-electron chi connectivity index (χ0n) is 17.6. The molecule has 2 atom stereocenters. The first kappa shape index (κ1) is 25.3. The van der Waals surface area contributed by atoms with Crippen molar-refractivity contribution in [2.24, 2.45) is 5.92 Å². The van der Waals surface area contributed by atoms with E-state index in [0.29, 0.717) is 17.7 Å². The van der Waals surface area contributed by atoms with Gasteiger partial charge in [0.1, 0.15) is 11.7 Å². The summed E-state index contributed by atoms with van der Waals surface area (Å²) < 4.78 is 81.9. The molecule has 3 N–H and O–H groups in total. The van der Waals surface area contributed by atoms with Crippen LogP contribution in [0, 0.1) is 11.7 Å². The van der Waals surface area contributed by atoms with Gasteiger partial charge in [-0.3, -0.25) is 4.79 Å². The lowest BCUT2D eigenvalue weighted by Crippen LogP contribution is -2.36. The molecule has 3 rings (SSSR count). The van der Waals surface area contributed by atoms with Gasteiger partial charge in [0.05, 0.1) is 17.3 Å². The number of carbonyl (C=O) groups is 1. The first-order chi connectivity index (χ1) is 15.9. The minimum Gasteiger partial charge on any atom is -0.356 e. The number of benzene rings is 2. The van der Waals surface area contributed by atoms with Gasteiger partial charge in [-0.25, -0.2) is 13.2 Å². The van der Waals surface area contributed by atoms with Crippen molar-refractivity contribution >= 4 is 34.6 Å². The second-order valence-corrected chi connectivity index (χ2v) is 7.92. The van der Waals surface area contributed by atoms with Crippen LogP contribution in [-0.2, 0) is 11.0 Å². The average Bonchev–Trinajstić information content (AvgIpc) is 2.74. The molecule has 0 aromatic heterocycles. The molecule has 180 valence electrons. The van der Waals surface area contributed by atoms with E-state index < -0.39 is 41.0 Å². The van der Waals surface area contributed by atoms with Crippen LogP contribution in [0.15, 0.2) is 66.8 Å². The van der Waals surface area contributed by atoms with E-state index in [1.807, 2.05) is 5.32 Å². The summed E-state index contributed by atoms with van der Waals surface area (Å²) in [5.74, 6) is -7.16. The van der Waals surface area contributed by atoms with Crippen LogP contribution in [0.1, 0.15) is 24.1 Å². The van der Waals surface area contributed by atoms with Crippen LogP contribution in [0.3, 0.4) is 0 Å². The van der Waals surface area contributed by atoms with Gasteiger partial charge in [-0.15, -0.1) is 0 Å². The van der Waals surface area contributed by atoms with Crippen molar-refractivity contribution in [3.05, 3.63) is 83.7 Å². The van der Waals surface area contributed by atoms with Crippen molar-refractivity contribution < 1.29 is 31.1 Å². The van der Waals surface area contributed by atoms with Crippen molar-refractivity contribution in [2.45, 2.75) is 25.1 Å². The molecule has 0 spiro atoms. The van der Waals surface area contributed by atoms with E-state index in [1.54, 1.807) is 6.92 Å². The summed E-state index contributed by atoms with van der Waals surface area (Å²) >= 11 is 5.14. The molecule has 2 unspecified atom stereocenters. The number of halogens is 6. The summed E-state index contributed by atoms with van der Waals surface area (Å²) in [5.41, 5.74) is -1.25. The van der Waals surface area contributed by atoms with Crippen molar-refractivity contribution in [3.8, 4) is 0 Å². The van der Waals surface area contributed by atoms with Gasteiger partial charge in [0.25, 0.3) is 5.92 Å². The summed E-state index contributed by atoms with van der Waals surface area (Å²) in [5, 5.41) is 7.44. The molecule has 11 heteroatoms. The highest BCUT2D eigenvalue weighted by Gasteiger charge is 2.42. The predicted octanol–water partition coefficient (Wildman–Crippen LogP) is 6.21. The Bertz CT molecular complexity index is 1130. The zero-order valence-corrected chi connectivity index (χ0v) is 18.4. The topological polar surface area (TPSA) is 53.2 Å². The Labute approximate surface area is 196 Å². The van der Waals surface area contributed by atoms with Gasteiger partial charge in [0.15, 0.2) is 5.11 Å². The number of alkyl halides is 5. The first-order valence-corrected chi connectivity index (χ1v) is 10.4. The minimum atomic E-state index is -4.89. The molecule has 0 saturated heterocycles. The van der Waals surface area contributed by atoms with Gasteiger partial charge in [0.2, 0.25) is 5.91 Å². The van der Waals surface area contributed by atoms with Crippen molar-refractivity contribution in [1.29, 1.82) is 0 Å². The molecule has 2 aromatic carbocycles. The van der Waals surface area contributed by atoms with E-state index in [1.165, 1.54) is 36.4 Å². The Hall–Kier alpha value is -3.34. The summed E-state index contributed by atoms with van der Waals surface area (Å²) in [7, 11) is 0. The van der Waals surface area contributed by atoms with Crippen LogP contribution in [0.25, 0.3) is 0 Å². The lowest BCUT2D eigenvalue weighted by molar-refractivity contribution is -0.137. The van der Waals surface area contributed by atoms with Gasteiger partial charge in [-0.1, -0.05) is 30.4 Å². The maximum Gasteiger partial charge on any atom is 0.418 e. The lowest BCUT2D eigenvalue weighted by Gasteiger charge is -2.24. The molecule has 0 bridgehead atoms. The molecule has 0 fully saturated rings. The fraction of sp³-hybridized carbons (Fsp3) is 0.217. The summed E-state index contributed by atoms with van der Waals surface area (Å²) in [6, 6.07) is 8.11. The normalized spacial score (nSPS) is 17.7. The molecular formula is C23H19F6N3OS. The van der Waals surface area contributed by atoms with Gasteiger partial charge in [-0.05, 0) is 61.1 Å². The molecule has 1 aliphatic rings. The van der Waals surface area contributed by atoms with Crippen molar-refractivity contribution in [1.82, 2.24) is 5.32 Å². The molecular weight excluding hydrogens is 480 g/mol. The van der Waals surface area contributed by atoms with E-state index in [9.17, 15) is 31.1 Å². The molecule has 0 saturated carbocycles. The van der Waals surface area contributed by atoms with E-state index >= 15 is 0 Å². The quantitative estimate of drug-likeness (QED) is 0.338. The molecule has 0 aliphatic heterocycles. The number of allylic oxidation sites excluding steroid dienone is 3. The van der Waals surface area contributed by atoms with Gasteiger partial charge < -0.3 is 16.0 Å². The SMILES string of the molecule is CC(NC(=S)Nc1ccc(NC(=O)C2C=CC=CC2(F)F)c(C(F)(F)F)c1)c1ccc(F)cc1. The molecule has 2 aromatic rings. The van der Waals surface area contributed by atoms with Crippen molar-refractivity contribution in [2.75, 3.05) is 10.6 Å². The predicted molar refractivity (Wildman–Crippen MR) is 121 cm³/mol. The molecule has 0 heterocycles. The average molecular weight is 499 g/mol. The number of rotatable bonds is 5. The van der Waals surface area contributed by atoms with E-state index in [-0.39, 0.29) is 16.8 Å². The van der Waals surface area contributed by atoms with E-state index in [2.05, 4.69) is 10.6 Å². The Morgan fingerprint density at radius 2 is 1.74 bits per heavy atom. The van der Waals surface area contributed by atoms with Crippen molar-refractivity contribution in [3.63, 3.8) is 0 Å². The monoisotopic (exact) mass is 499 g/mol. The molecule has 34 heavy (non-hydrogen) atoms. The summed E-state index contributed by atoms with van der Waals surface area (Å²) in [6.45, 7) is 1.73. The van der Waals surface area contributed by atoms with Crippen LogP contribution in [0.4, 0.5) is 37.7 Å². The van der Waals surface area contributed by atoms with E-state index in [0.717, 1.165) is 18.2 Å². The number of anilines is 2. The van der Waals surface area contributed by atoms with Crippen LogP contribution in [0.5, 0.6) is 0 Å². The number of hydrogen-bond acceptors (Lipinski definition) is 2. The highest BCUT2D eigenvalue weighted by molar-refractivity contribution is 7.80. The maximum atomic E-state index is 13.9. The number of nitrogens with one attached hydrogen (secondary N) is 3. The molecule has 1 amide bonds. The number of amides is 1.